The lowest BCUT2D eigenvalue weighted by atomic mass is 10.2. The molecule has 0 heterocycles. The molecule has 2 N–H and O–H groups in total. The Kier molecular flexibility index (Phi) is 5.34. The van der Waals surface area contributed by atoms with Crippen LogP contribution in [0.3, 0.4) is 0 Å². The van der Waals surface area contributed by atoms with Gasteiger partial charge in [0.15, 0.2) is 0 Å². The maximum absolute atomic E-state index is 11.6. The van der Waals surface area contributed by atoms with Gasteiger partial charge in [0.25, 0.3) is 0 Å². The van der Waals surface area contributed by atoms with Crippen LogP contribution < -0.4 is 15.4 Å². The van der Waals surface area contributed by atoms with Crippen molar-refractivity contribution in [2.45, 2.75) is 13.0 Å². The maximum atomic E-state index is 11.6. The molecule has 0 saturated heterocycles. The summed E-state index contributed by atoms with van der Waals surface area (Å²) >= 11 is 6.02. The molecule has 0 spiro atoms. The Morgan fingerprint density at radius 2 is 2.33 bits per heavy atom. The predicted molar refractivity (Wildman–Crippen MR) is 72.9 cm³/mol. The number of nitrogens with one attached hydrogen (secondary N) is 2. The Morgan fingerprint density at radius 3 is 2.94 bits per heavy atom. The molecule has 1 unspecified atom stereocenters. The third-order valence-electron chi connectivity index (χ3n) is 2.30. The van der Waals surface area contributed by atoms with E-state index >= 15 is 0 Å². The highest BCUT2D eigenvalue weighted by molar-refractivity contribution is 6.33. The van der Waals surface area contributed by atoms with Gasteiger partial charge in [-0.15, -0.1) is 6.42 Å². The average Bonchev–Trinajstić information content (AvgIpc) is 2.38. The van der Waals surface area contributed by atoms with Gasteiger partial charge in [0, 0.05) is 6.07 Å². The zero-order chi connectivity index (χ0) is 13.5. The van der Waals surface area contributed by atoms with Crippen LogP contribution in [0.5, 0.6) is 5.75 Å². The number of halogens is 1. The molecule has 0 aliphatic heterocycles. The van der Waals surface area contributed by atoms with Crippen molar-refractivity contribution in [3.05, 3.63) is 23.2 Å². The molecule has 1 amide bonds. The van der Waals surface area contributed by atoms with Crippen LogP contribution in [0.25, 0.3) is 0 Å². The van der Waals surface area contributed by atoms with E-state index in [4.69, 9.17) is 22.8 Å². The van der Waals surface area contributed by atoms with Crippen molar-refractivity contribution < 1.29 is 9.53 Å². The highest BCUT2D eigenvalue weighted by Crippen LogP contribution is 2.27. The zero-order valence-electron chi connectivity index (χ0n) is 10.3. The Hall–Kier alpha value is -1.86. The fourth-order valence-electron chi connectivity index (χ4n) is 1.33. The lowest BCUT2D eigenvalue weighted by molar-refractivity contribution is -0.121. The normalized spacial score (nSPS) is 11.2. The summed E-state index contributed by atoms with van der Waals surface area (Å²) in [5, 5.41) is 6.11. The smallest absolute Gasteiger partial charge is 0.242 e. The van der Waals surface area contributed by atoms with Crippen LogP contribution in [0.2, 0.25) is 5.02 Å². The standard InChI is InChI=1S/C13H15ClN2O2/c1-4-7-15-13(17)9(2)16-12-8-10(18-3)5-6-11(12)14/h1,5-6,8-9,16H,7H2,2-3H3,(H,15,17). The molecule has 0 radical (unpaired) electrons. The minimum atomic E-state index is -0.442. The minimum Gasteiger partial charge on any atom is -0.497 e. The van der Waals surface area contributed by atoms with Crippen LogP contribution >= 0.6 is 11.6 Å². The molecular formula is C13H15ClN2O2. The Morgan fingerprint density at radius 1 is 1.61 bits per heavy atom. The van der Waals surface area contributed by atoms with E-state index in [2.05, 4.69) is 16.6 Å². The molecule has 18 heavy (non-hydrogen) atoms. The molecule has 4 nitrogen and oxygen atoms in total. The van der Waals surface area contributed by atoms with Crippen molar-refractivity contribution in [2.24, 2.45) is 0 Å². The molecule has 0 bridgehead atoms. The molecule has 1 aromatic carbocycles. The van der Waals surface area contributed by atoms with Crippen molar-refractivity contribution in [1.82, 2.24) is 5.32 Å². The first kappa shape index (κ1) is 14.2. The molecule has 0 saturated carbocycles. The fraction of sp³-hybridized carbons (Fsp3) is 0.308. The van der Waals surface area contributed by atoms with Gasteiger partial charge >= 0.3 is 0 Å². The number of terminal acetylenes is 1. The molecular weight excluding hydrogens is 252 g/mol. The van der Waals surface area contributed by atoms with Crippen LogP contribution in [0.15, 0.2) is 18.2 Å². The van der Waals surface area contributed by atoms with E-state index in [-0.39, 0.29) is 12.5 Å². The summed E-state index contributed by atoms with van der Waals surface area (Å²) in [6.45, 7) is 1.93. The van der Waals surface area contributed by atoms with Crippen LogP contribution in [-0.4, -0.2) is 25.6 Å². The Bertz CT molecular complexity index is 469. The van der Waals surface area contributed by atoms with Crippen LogP contribution in [0.1, 0.15) is 6.92 Å². The van der Waals surface area contributed by atoms with E-state index in [1.807, 2.05) is 0 Å². The summed E-state index contributed by atoms with van der Waals surface area (Å²) in [6, 6.07) is 4.74. The molecule has 96 valence electrons. The fourth-order valence-corrected chi connectivity index (χ4v) is 1.50. The number of anilines is 1. The van der Waals surface area contributed by atoms with Gasteiger partial charge in [-0.25, -0.2) is 0 Å². The zero-order valence-corrected chi connectivity index (χ0v) is 11.0. The largest absolute Gasteiger partial charge is 0.497 e. The van der Waals surface area contributed by atoms with E-state index in [9.17, 15) is 4.79 Å². The van der Waals surface area contributed by atoms with E-state index in [1.165, 1.54) is 0 Å². The highest BCUT2D eigenvalue weighted by atomic mass is 35.5. The number of hydrogen-bond donors (Lipinski definition) is 2. The lowest BCUT2D eigenvalue weighted by Crippen LogP contribution is -2.37. The van der Waals surface area contributed by atoms with Gasteiger partial charge in [-0.05, 0) is 19.1 Å². The van der Waals surface area contributed by atoms with Crippen molar-refractivity contribution >= 4 is 23.2 Å². The second kappa shape index (κ2) is 6.77. The van der Waals surface area contributed by atoms with E-state index < -0.39 is 6.04 Å². The molecule has 5 heteroatoms. The topological polar surface area (TPSA) is 50.4 Å². The van der Waals surface area contributed by atoms with Crippen molar-refractivity contribution in [2.75, 3.05) is 19.0 Å². The number of amides is 1. The summed E-state index contributed by atoms with van der Waals surface area (Å²) < 4.78 is 5.09. The molecule has 0 aromatic heterocycles. The molecule has 0 aliphatic carbocycles. The van der Waals surface area contributed by atoms with Crippen molar-refractivity contribution in [1.29, 1.82) is 0 Å². The lowest BCUT2D eigenvalue weighted by Gasteiger charge is -2.16. The number of carbonyl (C=O) groups is 1. The maximum Gasteiger partial charge on any atom is 0.242 e. The number of benzene rings is 1. The SMILES string of the molecule is C#CCNC(=O)C(C)Nc1cc(OC)ccc1Cl. The number of rotatable bonds is 5. The number of methoxy groups -OCH3 is 1. The third-order valence-corrected chi connectivity index (χ3v) is 2.63. The summed E-state index contributed by atoms with van der Waals surface area (Å²) in [4.78, 5) is 11.6. The molecule has 0 fully saturated rings. The van der Waals surface area contributed by atoms with Gasteiger partial charge < -0.3 is 15.4 Å². The molecule has 1 rings (SSSR count). The van der Waals surface area contributed by atoms with Gasteiger partial charge in [0.2, 0.25) is 5.91 Å². The quantitative estimate of drug-likeness (QED) is 0.801. The first-order chi connectivity index (χ1) is 8.58. The summed E-state index contributed by atoms with van der Waals surface area (Å²) in [7, 11) is 1.57. The van der Waals surface area contributed by atoms with Gasteiger partial charge in [-0.3, -0.25) is 4.79 Å². The van der Waals surface area contributed by atoms with Crippen LogP contribution in [0.4, 0.5) is 5.69 Å². The van der Waals surface area contributed by atoms with Gasteiger partial charge in [0.1, 0.15) is 11.8 Å². The van der Waals surface area contributed by atoms with Crippen LogP contribution in [-0.2, 0) is 4.79 Å². The predicted octanol–water partition coefficient (Wildman–Crippen LogP) is 1.90. The summed E-state index contributed by atoms with van der Waals surface area (Å²) in [5.41, 5.74) is 0.638. The van der Waals surface area contributed by atoms with Gasteiger partial charge in [0.05, 0.1) is 24.4 Å². The minimum absolute atomic E-state index is 0.188. The molecule has 0 aliphatic rings. The van der Waals surface area contributed by atoms with Crippen molar-refractivity contribution in [3.8, 4) is 18.1 Å². The number of hydrogen-bond acceptors (Lipinski definition) is 3. The first-order valence-electron chi connectivity index (χ1n) is 5.39. The third kappa shape index (κ3) is 3.86. The highest BCUT2D eigenvalue weighted by Gasteiger charge is 2.13. The monoisotopic (exact) mass is 266 g/mol. The number of ether oxygens (including phenoxy) is 1. The molecule has 1 aromatic rings. The second-order valence-corrected chi connectivity index (χ2v) is 4.04. The number of carbonyl (C=O) groups excluding carboxylic acids is 1. The first-order valence-corrected chi connectivity index (χ1v) is 5.77. The van der Waals surface area contributed by atoms with Crippen molar-refractivity contribution in [3.63, 3.8) is 0 Å². The van der Waals surface area contributed by atoms with E-state index in [1.54, 1.807) is 32.2 Å². The second-order valence-electron chi connectivity index (χ2n) is 3.63. The van der Waals surface area contributed by atoms with Gasteiger partial charge in [-0.1, -0.05) is 17.5 Å². The summed E-state index contributed by atoms with van der Waals surface area (Å²) in [6.07, 6.45) is 5.07. The van der Waals surface area contributed by atoms with E-state index in [0.29, 0.717) is 16.5 Å². The average molecular weight is 267 g/mol. The van der Waals surface area contributed by atoms with Gasteiger partial charge in [-0.2, -0.15) is 0 Å². The molecule has 1 atom stereocenters. The summed E-state index contributed by atoms with van der Waals surface area (Å²) in [5.74, 6) is 2.82. The van der Waals surface area contributed by atoms with Crippen LogP contribution in [0, 0.1) is 12.3 Å². The Balaban J connectivity index is 2.72. The Labute approximate surface area is 112 Å². The van der Waals surface area contributed by atoms with E-state index in [0.717, 1.165) is 0 Å².